The van der Waals surface area contributed by atoms with Gasteiger partial charge in [-0.25, -0.2) is 0 Å². The molecular weight excluding hydrogens is 270 g/mol. The van der Waals surface area contributed by atoms with Crippen LogP contribution < -0.4 is 0 Å². The molecule has 0 fully saturated rings. The van der Waals surface area contributed by atoms with Crippen molar-refractivity contribution < 1.29 is 26.3 Å². The van der Waals surface area contributed by atoms with Gasteiger partial charge in [-0.3, -0.25) is 0 Å². The van der Waals surface area contributed by atoms with Crippen LogP contribution in [0, 0.1) is 0 Å². The Bertz CT molecular complexity index is 382. The number of alkyl halides is 6. The summed E-state index contributed by atoms with van der Waals surface area (Å²) in [5.41, 5.74) is -2.51. The van der Waals surface area contributed by atoms with E-state index in [1.54, 1.807) is 6.08 Å². The van der Waals surface area contributed by atoms with Crippen molar-refractivity contribution in [1.29, 1.82) is 0 Å². The van der Waals surface area contributed by atoms with E-state index in [9.17, 15) is 26.3 Å². The molecule has 0 saturated carbocycles. The average Bonchev–Trinajstić information content (AvgIpc) is 2.27. The minimum absolute atomic E-state index is 0.0159. The van der Waals surface area contributed by atoms with Gasteiger partial charge in [0.05, 0.1) is 11.1 Å². The van der Waals surface area contributed by atoms with Crippen molar-refractivity contribution in [2.24, 2.45) is 0 Å². The standard InChI is InChI=1S/C10H8F6.C3H6/c1-2-6-3-7(9(11,12)13)5-8(4-6)10(14,15)16;1-3-2/h3-5H,2H2,1H3;3H,1H2,2H3. The Morgan fingerprint density at radius 1 is 0.947 bits per heavy atom. The van der Waals surface area contributed by atoms with E-state index < -0.39 is 23.5 Å². The van der Waals surface area contributed by atoms with Gasteiger partial charge in [-0.05, 0) is 37.1 Å². The first-order valence-corrected chi connectivity index (χ1v) is 5.41. The minimum atomic E-state index is -4.76. The summed E-state index contributed by atoms with van der Waals surface area (Å²) < 4.78 is 73.8. The summed E-state index contributed by atoms with van der Waals surface area (Å²) in [6.07, 6.45) is -7.65. The number of hydrogen-bond donors (Lipinski definition) is 0. The molecule has 0 aliphatic carbocycles. The molecule has 0 N–H and O–H groups in total. The Morgan fingerprint density at radius 2 is 1.26 bits per heavy atom. The number of benzene rings is 1. The largest absolute Gasteiger partial charge is 0.416 e. The predicted octanol–water partition coefficient (Wildman–Crippen LogP) is 5.48. The van der Waals surface area contributed by atoms with Crippen LogP contribution in [0.5, 0.6) is 0 Å². The number of halogens is 6. The van der Waals surface area contributed by atoms with Crippen molar-refractivity contribution in [1.82, 2.24) is 0 Å². The number of aryl methyl sites for hydroxylation is 1. The SMILES string of the molecule is C=CC.CCc1cc(C(F)(F)F)cc(C(F)(F)F)c1. The van der Waals surface area contributed by atoms with Gasteiger partial charge in [0.25, 0.3) is 0 Å². The first-order valence-electron chi connectivity index (χ1n) is 5.41. The first kappa shape index (κ1) is 17.5. The molecule has 0 aromatic heterocycles. The molecule has 0 saturated heterocycles. The van der Waals surface area contributed by atoms with Crippen molar-refractivity contribution in [3.63, 3.8) is 0 Å². The van der Waals surface area contributed by atoms with E-state index in [0.29, 0.717) is 0 Å². The van der Waals surface area contributed by atoms with E-state index >= 15 is 0 Å². The maximum Gasteiger partial charge on any atom is 0.416 e. The van der Waals surface area contributed by atoms with Crippen molar-refractivity contribution in [3.05, 3.63) is 47.5 Å². The van der Waals surface area contributed by atoms with E-state index in [1.807, 2.05) is 6.92 Å². The Morgan fingerprint density at radius 3 is 1.47 bits per heavy atom. The van der Waals surface area contributed by atoms with Gasteiger partial charge in [-0.1, -0.05) is 13.0 Å². The van der Waals surface area contributed by atoms with Crippen molar-refractivity contribution >= 4 is 0 Å². The second-order valence-corrected chi connectivity index (χ2v) is 3.68. The Kier molecular flexibility index (Phi) is 6.12. The molecule has 0 radical (unpaired) electrons. The Labute approximate surface area is 107 Å². The third-order valence-corrected chi connectivity index (χ3v) is 2.06. The minimum Gasteiger partial charge on any atom is -0.166 e. The fraction of sp³-hybridized carbons (Fsp3) is 0.385. The summed E-state index contributed by atoms with van der Waals surface area (Å²) in [5.74, 6) is 0. The second-order valence-electron chi connectivity index (χ2n) is 3.68. The van der Waals surface area contributed by atoms with Crippen molar-refractivity contribution in [2.45, 2.75) is 32.6 Å². The molecule has 19 heavy (non-hydrogen) atoms. The van der Waals surface area contributed by atoms with Crippen LogP contribution in [0.3, 0.4) is 0 Å². The molecule has 0 aliphatic heterocycles. The van der Waals surface area contributed by atoms with Crippen LogP contribution in [0.1, 0.15) is 30.5 Å². The lowest BCUT2D eigenvalue weighted by Crippen LogP contribution is -2.11. The average molecular weight is 284 g/mol. The Hall–Kier alpha value is -1.46. The topological polar surface area (TPSA) is 0 Å². The molecule has 0 amide bonds. The molecule has 1 rings (SSSR count). The zero-order chi connectivity index (χ0) is 15.3. The second kappa shape index (κ2) is 6.63. The zero-order valence-corrected chi connectivity index (χ0v) is 10.5. The molecular formula is C13H14F6. The maximum absolute atomic E-state index is 12.3. The summed E-state index contributed by atoms with van der Waals surface area (Å²) in [6, 6.07) is 1.59. The highest BCUT2D eigenvalue weighted by atomic mass is 19.4. The summed E-state index contributed by atoms with van der Waals surface area (Å²) in [6.45, 7) is 6.75. The van der Waals surface area contributed by atoms with Gasteiger partial charge in [0, 0.05) is 0 Å². The van der Waals surface area contributed by atoms with Gasteiger partial charge in [0.2, 0.25) is 0 Å². The maximum atomic E-state index is 12.3. The highest BCUT2D eigenvalue weighted by Crippen LogP contribution is 2.36. The zero-order valence-electron chi connectivity index (χ0n) is 10.5. The van der Waals surface area contributed by atoms with Gasteiger partial charge in [0.15, 0.2) is 0 Å². The van der Waals surface area contributed by atoms with E-state index in [0.717, 1.165) is 12.1 Å². The fourth-order valence-corrected chi connectivity index (χ4v) is 1.22. The predicted molar refractivity (Wildman–Crippen MR) is 61.7 cm³/mol. The molecule has 0 aliphatic rings. The molecule has 1 aromatic carbocycles. The highest BCUT2D eigenvalue weighted by molar-refractivity contribution is 5.33. The molecule has 0 bridgehead atoms. The van der Waals surface area contributed by atoms with Gasteiger partial charge in [-0.15, -0.1) is 6.58 Å². The van der Waals surface area contributed by atoms with Crippen LogP contribution >= 0.6 is 0 Å². The van der Waals surface area contributed by atoms with Crippen molar-refractivity contribution in [2.75, 3.05) is 0 Å². The van der Waals surface area contributed by atoms with E-state index in [-0.39, 0.29) is 18.1 Å². The molecule has 0 unspecified atom stereocenters. The molecule has 1 aromatic rings. The monoisotopic (exact) mass is 284 g/mol. The van der Waals surface area contributed by atoms with E-state index in [4.69, 9.17) is 0 Å². The Balaban J connectivity index is 0.000000982. The molecule has 0 spiro atoms. The third-order valence-electron chi connectivity index (χ3n) is 2.06. The molecule has 0 nitrogen and oxygen atoms in total. The van der Waals surface area contributed by atoms with Crippen LogP contribution in [0.4, 0.5) is 26.3 Å². The summed E-state index contributed by atoms with van der Waals surface area (Å²) >= 11 is 0. The summed E-state index contributed by atoms with van der Waals surface area (Å²) in [7, 11) is 0. The molecule has 108 valence electrons. The van der Waals surface area contributed by atoms with Crippen LogP contribution in [0.25, 0.3) is 0 Å². The lowest BCUT2D eigenvalue weighted by Gasteiger charge is -2.13. The lowest BCUT2D eigenvalue weighted by molar-refractivity contribution is -0.143. The highest BCUT2D eigenvalue weighted by Gasteiger charge is 2.36. The smallest absolute Gasteiger partial charge is 0.166 e. The number of allylic oxidation sites excluding steroid dienone is 1. The molecule has 6 heteroatoms. The number of hydrogen-bond acceptors (Lipinski definition) is 0. The summed E-state index contributed by atoms with van der Waals surface area (Å²) in [4.78, 5) is 0. The normalized spacial score (nSPS) is 11.6. The van der Waals surface area contributed by atoms with Crippen LogP contribution in [0.15, 0.2) is 30.9 Å². The summed E-state index contributed by atoms with van der Waals surface area (Å²) in [5, 5.41) is 0. The lowest BCUT2D eigenvalue weighted by atomic mass is 10.0. The van der Waals surface area contributed by atoms with Crippen LogP contribution in [-0.2, 0) is 18.8 Å². The van der Waals surface area contributed by atoms with Crippen LogP contribution in [-0.4, -0.2) is 0 Å². The number of rotatable bonds is 1. The third kappa shape index (κ3) is 5.81. The van der Waals surface area contributed by atoms with Gasteiger partial charge in [-0.2, -0.15) is 26.3 Å². The molecule has 0 heterocycles. The van der Waals surface area contributed by atoms with Gasteiger partial charge in [0.1, 0.15) is 0 Å². The van der Waals surface area contributed by atoms with Gasteiger partial charge >= 0.3 is 12.4 Å². The van der Waals surface area contributed by atoms with Gasteiger partial charge < -0.3 is 0 Å². The van der Waals surface area contributed by atoms with E-state index in [2.05, 4.69) is 6.58 Å². The van der Waals surface area contributed by atoms with E-state index in [1.165, 1.54) is 6.92 Å². The molecule has 0 atom stereocenters. The van der Waals surface area contributed by atoms with Crippen LogP contribution in [0.2, 0.25) is 0 Å². The fourth-order valence-electron chi connectivity index (χ4n) is 1.22. The quantitative estimate of drug-likeness (QED) is 0.473. The van der Waals surface area contributed by atoms with Crippen molar-refractivity contribution in [3.8, 4) is 0 Å². The first-order chi connectivity index (χ1) is 8.56.